The van der Waals surface area contributed by atoms with Crippen LogP contribution in [0.1, 0.15) is 24.4 Å². The summed E-state index contributed by atoms with van der Waals surface area (Å²) in [4.78, 5) is 2.32. The molecule has 1 aliphatic heterocycles. The molecule has 0 aromatic heterocycles. The SMILES string of the molecule is CNC(c1ccc(OC2CC2)cc1)C1CN(C)CCO1. The van der Waals surface area contributed by atoms with Crippen LogP contribution in [0, 0.1) is 0 Å². The molecule has 0 amide bonds. The Balaban J connectivity index is 1.67. The molecular weight excluding hydrogens is 252 g/mol. The van der Waals surface area contributed by atoms with Gasteiger partial charge in [-0.3, -0.25) is 0 Å². The van der Waals surface area contributed by atoms with Crippen LogP contribution in [0.2, 0.25) is 0 Å². The summed E-state index contributed by atoms with van der Waals surface area (Å²) in [6, 6.07) is 8.68. The second-order valence-electron chi connectivity index (χ2n) is 5.82. The quantitative estimate of drug-likeness (QED) is 0.889. The van der Waals surface area contributed by atoms with Crippen LogP contribution in [0.15, 0.2) is 24.3 Å². The van der Waals surface area contributed by atoms with Gasteiger partial charge in [-0.05, 0) is 44.6 Å². The van der Waals surface area contributed by atoms with E-state index >= 15 is 0 Å². The normalized spacial score (nSPS) is 25.4. The second kappa shape index (κ2) is 6.12. The van der Waals surface area contributed by atoms with Crippen LogP contribution in [-0.4, -0.2) is 50.9 Å². The lowest BCUT2D eigenvalue weighted by Gasteiger charge is -2.35. The lowest BCUT2D eigenvalue weighted by molar-refractivity contribution is -0.0380. The first-order chi connectivity index (χ1) is 9.76. The summed E-state index contributed by atoms with van der Waals surface area (Å²) in [7, 11) is 4.14. The summed E-state index contributed by atoms with van der Waals surface area (Å²) in [5.41, 5.74) is 1.26. The molecule has 20 heavy (non-hydrogen) atoms. The van der Waals surface area contributed by atoms with Gasteiger partial charge in [0.25, 0.3) is 0 Å². The number of ether oxygens (including phenoxy) is 2. The predicted octanol–water partition coefficient (Wildman–Crippen LogP) is 1.82. The molecule has 3 rings (SSSR count). The smallest absolute Gasteiger partial charge is 0.119 e. The first-order valence-electron chi connectivity index (χ1n) is 7.50. The Morgan fingerprint density at radius 1 is 1.30 bits per heavy atom. The fraction of sp³-hybridized carbons (Fsp3) is 0.625. The molecule has 1 saturated heterocycles. The summed E-state index contributed by atoms with van der Waals surface area (Å²) >= 11 is 0. The van der Waals surface area contributed by atoms with Crippen LogP contribution >= 0.6 is 0 Å². The van der Waals surface area contributed by atoms with Gasteiger partial charge >= 0.3 is 0 Å². The Bertz CT molecular complexity index is 431. The van der Waals surface area contributed by atoms with Crippen LogP contribution in [0.25, 0.3) is 0 Å². The van der Waals surface area contributed by atoms with E-state index in [0.717, 1.165) is 25.4 Å². The fourth-order valence-corrected chi connectivity index (χ4v) is 2.71. The minimum Gasteiger partial charge on any atom is -0.490 e. The molecule has 1 heterocycles. The molecular formula is C16H24N2O2. The van der Waals surface area contributed by atoms with Crippen molar-refractivity contribution in [3.63, 3.8) is 0 Å². The highest BCUT2D eigenvalue weighted by molar-refractivity contribution is 5.30. The molecule has 1 saturated carbocycles. The van der Waals surface area contributed by atoms with E-state index in [2.05, 4.69) is 41.5 Å². The van der Waals surface area contributed by atoms with Gasteiger partial charge in [-0.25, -0.2) is 0 Å². The van der Waals surface area contributed by atoms with Gasteiger partial charge in [0, 0.05) is 13.1 Å². The molecule has 0 bridgehead atoms. The van der Waals surface area contributed by atoms with E-state index in [-0.39, 0.29) is 12.1 Å². The fourth-order valence-electron chi connectivity index (χ4n) is 2.71. The zero-order valence-corrected chi connectivity index (χ0v) is 12.3. The third-order valence-electron chi connectivity index (χ3n) is 4.05. The van der Waals surface area contributed by atoms with Gasteiger partial charge in [-0.1, -0.05) is 12.1 Å². The average molecular weight is 276 g/mol. The standard InChI is InChI=1S/C16H24N2O2/c1-17-16(15-11-18(2)9-10-19-15)12-3-5-13(6-4-12)20-14-7-8-14/h3-6,14-17H,7-11H2,1-2H3. The molecule has 2 fully saturated rings. The van der Waals surface area contributed by atoms with Crippen molar-refractivity contribution in [2.75, 3.05) is 33.8 Å². The maximum Gasteiger partial charge on any atom is 0.119 e. The van der Waals surface area contributed by atoms with Crippen LogP contribution in [-0.2, 0) is 4.74 Å². The number of morpholine rings is 1. The Morgan fingerprint density at radius 3 is 2.65 bits per heavy atom. The summed E-state index contributed by atoms with van der Waals surface area (Å²) in [6.07, 6.45) is 3.05. The van der Waals surface area contributed by atoms with Gasteiger partial charge in [0.15, 0.2) is 0 Å². The Kier molecular flexibility index (Phi) is 4.24. The third-order valence-corrected chi connectivity index (χ3v) is 4.05. The monoisotopic (exact) mass is 276 g/mol. The van der Waals surface area contributed by atoms with Gasteiger partial charge in [0.2, 0.25) is 0 Å². The summed E-state index contributed by atoms with van der Waals surface area (Å²) < 4.78 is 11.7. The van der Waals surface area contributed by atoms with E-state index in [0.29, 0.717) is 6.10 Å². The topological polar surface area (TPSA) is 33.7 Å². The van der Waals surface area contributed by atoms with E-state index in [1.54, 1.807) is 0 Å². The zero-order valence-electron chi connectivity index (χ0n) is 12.3. The van der Waals surface area contributed by atoms with Gasteiger partial charge in [-0.15, -0.1) is 0 Å². The van der Waals surface area contributed by atoms with Crippen LogP contribution in [0.5, 0.6) is 5.75 Å². The number of hydrogen-bond acceptors (Lipinski definition) is 4. The summed E-state index contributed by atoms with van der Waals surface area (Å²) in [5.74, 6) is 0.979. The van der Waals surface area contributed by atoms with Crippen molar-refractivity contribution in [2.24, 2.45) is 0 Å². The zero-order chi connectivity index (χ0) is 13.9. The van der Waals surface area contributed by atoms with Gasteiger partial charge in [0.1, 0.15) is 5.75 Å². The highest BCUT2D eigenvalue weighted by atomic mass is 16.5. The minimum atomic E-state index is 0.203. The largest absolute Gasteiger partial charge is 0.490 e. The number of benzene rings is 1. The highest BCUT2D eigenvalue weighted by Gasteiger charge is 2.27. The molecule has 2 aliphatic rings. The maximum atomic E-state index is 5.93. The van der Waals surface area contributed by atoms with Crippen molar-refractivity contribution in [3.8, 4) is 5.75 Å². The molecule has 1 aliphatic carbocycles. The lowest BCUT2D eigenvalue weighted by atomic mass is 10.00. The molecule has 1 aromatic rings. The molecule has 110 valence electrons. The number of likely N-dealkylation sites (N-methyl/N-ethyl adjacent to an activating group) is 2. The maximum absolute atomic E-state index is 5.93. The first-order valence-corrected chi connectivity index (χ1v) is 7.50. The van der Waals surface area contributed by atoms with Crippen molar-refractivity contribution < 1.29 is 9.47 Å². The number of rotatable bonds is 5. The van der Waals surface area contributed by atoms with E-state index in [9.17, 15) is 0 Å². The molecule has 4 heteroatoms. The molecule has 4 nitrogen and oxygen atoms in total. The third kappa shape index (κ3) is 3.32. The predicted molar refractivity (Wildman–Crippen MR) is 79.1 cm³/mol. The molecule has 0 radical (unpaired) electrons. The average Bonchev–Trinajstić information content (AvgIpc) is 3.26. The van der Waals surface area contributed by atoms with Gasteiger partial charge < -0.3 is 19.7 Å². The second-order valence-corrected chi connectivity index (χ2v) is 5.82. The molecule has 1 N–H and O–H groups in total. The Morgan fingerprint density at radius 2 is 2.05 bits per heavy atom. The minimum absolute atomic E-state index is 0.203. The number of nitrogens with one attached hydrogen (secondary N) is 1. The number of hydrogen-bond donors (Lipinski definition) is 1. The highest BCUT2D eigenvalue weighted by Crippen LogP contribution is 2.28. The van der Waals surface area contributed by atoms with E-state index in [1.807, 2.05) is 7.05 Å². The van der Waals surface area contributed by atoms with E-state index in [1.165, 1.54) is 18.4 Å². The molecule has 2 unspecified atom stereocenters. The van der Waals surface area contributed by atoms with Crippen molar-refractivity contribution in [3.05, 3.63) is 29.8 Å². The molecule has 1 aromatic carbocycles. The van der Waals surface area contributed by atoms with Crippen molar-refractivity contribution in [2.45, 2.75) is 31.1 Å². The van der Waals surface area contributed by atoms with Crippen LogP contribution < -0.4 is 10.1 Å². The van der Waals surface area contributed by atoms with Crippen molar-refractivity contribution in [1.29, 1.82) is 0 Å². The Hall–Kier alpha value is -1.10. The summed E-state index contributed by atoms with van der Waals surface area (Å²) in [6.45, 7) is 2.79. The van der Waals surface area contributed by atoms with E-state index < -0.39 is 0 Å². The van der Waals surface area contributed by atoms with Crippen molar-refractivity contribution >= 4 is 0 Å². The van der Waals surface area contributed by atoms with Crippen molar-refractivity contribution in [1.82, 2.24) is 10.2 Å². The first kappa shape index (κ1) is 13.9. The number of nitrogens with zero attached hydrogens (tertiary/aromatic N) is 1. The molecule has 2 atom stereocenters. The van der Waals surface area contributed by atoms with Crippen LogP contribution in [0.3, 0.4) is 0 Å². The molecule has 0 spiro atoms. The van der Waals surface area contributed by atoms with Crippen LogP contribution in [0.4, 0.5) is 0 Å². The van der Waals surface area contributed by atoms with Gasteiger partial charge in [0.05, 0.1) is 24.9 Å². The van der Waals surface area contributed by atoms with E-state index in [4.69, 9.17) is 9.47 Å². The van der Waals surface area contributed by atoms with Gasteiger partial charge in [-0.2, -0.15) is 0 Å². The Labute approximate surface area is 121 Å². The lowest BCUT2D eigenvalue weighted by Crippen LogP contribution is -2.46. The summed E-state index contributed by atoms with van der Waals surface area (Å²) in [5, 5.41) is 3.39.